The molecule has 0 spiro atoms. The van der Waals surface area contributed by atoms with Crippen LogP contribution in [0.15, 0.2) is 40.9 Å². The van der Waals surface area contributed by atoms with E-state index in [2.05, 4.69) is 26.6 Å². The first-order valence-electron chi connectivity index (χ1n) is 6.66. The van der Waals surface area contributed by atoms with Crippen LogP contribution >= 0.6 is 15.9 Å². The Hall–Kier alpha value is -2.28. The van der Waals surface area contributed by atoms with Gasteiger partial charge < -0.3 is 10.6 Å². The minimum Gasteiger partial charge on any atom is -0.325 e. The lowest BCUT2D eigenvalue weighted by Crippen LogP contribution is -2.22. The summed E-state index contributed by atoms with van der Waals surface area (Å²) < 4.78 is 27.1. The molecule has 0 bridgehead atoms. The highest BCUT2D eigenvalue weighted by molar-refractivity contribution is 9.10. The fourth-order valence-electron chi connectivity index (χ4n) is 1.89. The highest BCUT2D eigenvalue weighted by Gasteiger charge is 2.13. The zero-order chi connectivity index (χ0) is 17.0. The summed E-state index contributed by atoms with van der Waals surface area (Å²) in [5, 5.41) is 4.83. The molecule has 0 saturated carbocycles. The van der Waals surface area contributed by atoms with Gasteiger partial charge in [-0.1, -0.05) is 15.9 Å². The van der Waals surface area contributed by atoms with Gasteiger partial charge in [-0.15, -0.1) is 0 Å². The lowest BCUT2D eigenvalue weighted by molar-refractivity contribution is -0.123. The molecular formula is C16H13BrF2N2O2. The Bertz CT molecular complexity index is 702. The molecule has 2 N–H and O–H groups in total. The second-order valence-corrected chi connectivity index (χ2v) is 5.77. The zero-order valence-electron chi connectivity index (χ0n) is 12.1. The number of hydrogen-bond acceptors (Lipinski definition) is 2. The maximum absolute atomic E-state index is 13.4. The molecule has 120 valence electrons. The summed E-state index contributed by atoms with van der Waals surface area (Å²) in [7, 11) is 0. The Balaban J connectivity index is 1.95. The molecule has 0 fully saturated rings. The number of hydrogen-bond donors (Lipinski definition) is 2. The van der Waals surface area contributed by atoms with Crippen LogP contribution in [0.4, 0.5) is 20.2 Å². The van der Waals surface area contributed by atoms with Crippen LogP contribution in [0.5, 0.6) is 0 Å². The van der Waals surface area contributed by atoms with Gasteiger partial charge >= 0.3 is 0 Å². The van der Waals surface area contributed by atoms with Crippen molar-refractivity contribution in [2.45, 2.75) is 13.3 Å². The zero-order valence-corrected chi connectivity index (χ0v) is 13.7. The second kappa shape index (κ2) is 7.32. The third kappa shape index (κ3) is 4.85. The molecule has 0 unspecified atom stereocenters. The fourth-order valence-corrected chi connectivity index (χ4v) is 2.37. The Kier molecular flexibility index (Phi) is 5.44. The summed E-state index contributed by atoms with van der Waals surface area (Å²) in [4.78, 5) is 23.6. The first kappa shape index (κ1) is 17.1. The Morgan fingerprint density at radius 1 is 1.00 bits per heavy atom. The summed E-state index contributed by atoms with van der Waals surface area (Å²) in [5.74, 6) is -2.87. The van der Waals surface area contributed by atoms with Gasteiger partial charge in [0.1, 0.15) is 18.1 Å². The second-order valence-electron chi connectivity index (χ2n) is 4.86. The van der Waals surface area contributed by atoms with Gasteiger partial charge in [0.2, 0.25) is 11.8 Å². The third-order valence-electron chi connectivity index (χ3n) is 2.99. The molecule has 0 heterocycles. The number of anilines is 2. The predicted molar refractivity (Wildman–Crippen MR) is 87.1 cm³/mol. The van der Waals surface area contributed by atoms with Crippen LogP contribution in [0, 0.1) is 18.6 Å². The molecule has 4 nitrogen and oxygen atoms in total. The highest BCUT2D eigenvalue weighted by Crippen LogP contribution is 2.20. The van der Waals surface area contributed by atoms with Crippen LogP contribution in [0.1, 0.15) is 12.0 Å². The summed E-state index contributed by atoms with van der Waals surface area (Å²) in [6.07, 6.45) is -0.480. The van der Waals surface area contributed by atoms with E-state index in [1.165, 1.54) is 0 Å². The lowest BCUT2D eigenvalue weighted by atomic mass is 10.2. The van der Waals surface area contributed by atoms with Crippen molar-refractivity contribution in [1.82, 2.24) is 0 Å². The molecule has 0 saturated heterocycles. The normalized spacial score (nSPS) is 10.3. The Morgan fingerprint density at radius 2 is 1.61 bits per heavy atom. The van der Waals surface area contributed by atoms with Crippen molar-refractivity contribution in [3.8, 4) is 0 Å². The SMILES string of the molecule is Cc1cc(Br)ccc1NC(=O)CC(=O)Nc1ccc(F)cc1F. The molecule has 0 aliphatic heterocycles. The first-order chi connectivity index (χ1) is 10.8. The van der Waals surface area contributed by atoms with Crippen LogP contribution in [0.2, 0.25) is 0 Å². The van der Waals surface area contributed by atoms with E-state index in [0.717, 1.165) is 22.2 Å². The molecule has 2 aromatic rings. The number of amides is 2. The molecule has 0 radical (unpaired) electrons. The van der Waals surface area contributed by atoms with Gasteiger partial charge in [0, 0.05) is 16.2 Å². The quantitative estimate of drug-likeness (QED) is 0.785. The molecule has 7 heteroatoms. The average molecular weight is 383 g/mol. The first-order valence-corrected chi connectivity index (χ1v) is 7.45. The average Bonchev–Trinajstić information content (AvgIpc) is 2.45. The maximum Gasteiger partial charge on any atom is 0.233 e. The van der Waals surface area contributed by atoms with Crippen molar-refractivity contribution < 1.29 is 18.4 Å². The third-order valence-corrected chi connectivity index (χ3v) is 3.48. The van der Waals surface area contributed by atoms with Gasteiger partial charge in [-0.25, -0.2) is 8.78 Å². The van der Waals surface area contributed by atoms with Gasteiger partial charge in [0.05, 0.1) is 5.69 Å². The largest absolute Gasteiger partial charge is 0.325 e. The number of nitrogens with one attached hydrogen (secondary N) is 2. The number of carbonyl (C=O) groups excluding carboxylic acids is 2. The molecule has 0 aromatic heterocycles. The van der Waals surface area contributed by atoms with Gasteiger partial charge in [-0.3, -0.25) is 9.59 Å². The molecule has 0 aliphatic rings. The van der Waals surface area contributed by atoms with Crippen molar-refractivity contribution in [2.75, 3.05) is 10.6 Å². The minimum absolute atomic E-state index is 0.177. The summed E-state index contributed by atoms with van der Waals surface area (Å²) in [6, 6.07) is 8.05. The number of rotatable bonds is 4. The molecule has 2 amide bonds. The summed E-state index contributed by atoms with van der Waals surface area (Å²) >= 11 is 3.31. The number of carbonyl (C=O) groups is 2. The number of aryl methyl sites for hydroxylation is 1. The number of halogens is 3. The van der Waals surface area contributed by atoms with Gasteiger partial charge in [0.25, 0.3) is 0 Å². The standard InChI is InChI=1S/C16H13BrF2N2O2/c1-9-6-10(17)2-4-13(9)20-15(22)8-16(23)21-14-5-3-11(18)7-12(14)19/h2-7H,8H2,1H3,(H,20,22)(H,21,23). The van der Waals surface area contributed by atoms with Crippen LogP contribution in [-0.2, 0) is 9.59 Å². The van der Waals surface area contributed by atoms with Crippen molar-refractivity contribution in [1.29, 1.82) is 0 Å². The van der Waals surface area contributed by atoms with E-state index in [1.807, 2.05) is 13.0 Å². The predicted octanol–water partition coefficient (Wildman–Crippen LogP) is 4.00. The minimum atomic E-state index is -0.900. The van der Waals surface area contributed by atoms with Crippen LogP contribution < -0.4 is 10.6 Å². The van der Waals surface area contributed by atoms with Crippen LogP contribution in [0.25, 0.3) is 0 Å². The van der Waals surface area contributed by atoms with E-state index in [-0.39, 0.29) is 5.69 Å². The smallest absolute Gasteiger partial charge is 0.233 e. The fraction of sp³-hybridized carbons (Fsp3) is 0.125. The summed E-state index contributed by atoms with van der Waals surface area (Å²) in [6.45, 7) is 1.81. The maximum atomic E-state index is 13.4. The van der Waals surface area contributed by atoms with E-state index in [4.69, 9.17) is 0 Å². The Morgan fingerprint density at radius 3 is 2.22 bits per heavy atom. The van der Waals surface area contributed by atoms with Gasteiger partial charge in [-0.05, 0) is 42.8 Å². The van der Waals surface area contributed by atoms with Crippen molar-refractivity contribution in [2.24, 2.45) is 0 Å². The molecule has 2 aromatic carbocycles. The molecule has 0 atom stereocenters. The van der Waals surface area contributed by atoms with E-state index in [1.54, 1.807) is 12.1 Å². The van der Waals surface area contributed by atoms with Crippen LogP contribution in [-0.4, -0.2) is 11.8 Å². The summed E-state index contributed by atoms with van der Waals surface area (Å²) in [5.41, 5.74) is 1.24. The van der Waals surface area contributed by atoms with Crippen molar-refractivity contribution in [3.05, 3.63) is 58.1 Å². The van der Waals surface area contributed by atoms with Gasteiger partial charge in [-0.2, -0.15) is 0 Å². The van der Waals surface area contributed by atoms with E-state index in [9.17, 15) is 18.4 Å². The van der Waals surface area contributed by atoms with Crippen LogP contribution in [0.3, 0.4) is 0 Å². The van der Waals surface area contributed by atoms with E-state index in [0.29, 0.717) is 11.8 Å². The van der Waals surface area contributed by atoms with E-state index < -0.39 is 29.9 Å². The van der Waals surface area contributed by atoms with E-state index >= 15 is 0 Å². The molecular weight excluding hydrogens is 370 g/mol. The highest BCUT2D eigenvalue weighted by atomic mass is 79.9. The molecule has 2 rings (SSSR count). The molecule has 23 heavy (non-hydrogen) atoms. The molecule has 0 aliphatic carbocycles. The van der Waals surface area contributed by atoms with Crippen molar-refractivity contribution in [3.63, 3.8) is 0 Å². The monoisotopic (exact) mass is 382 g/mol. The van der Waals surface area contributed by atoms with Crippen molar-refractivity contribution >= 4 is 39.1 Å². The lowest BCUT2D eigenvalue weighted by Gasteiger charge is -2.09. The number of benzene rings is 2. The topological polar surface area (TPSA) is 58.2 Å². The Labute approximate surface area is 140 Å². The van der Waals surface area contributed by atoms with Gasteiger partial charge in [0.15, 0.2) is 0 Å².